The van der Waals surface area contributed by atoms with Gasteiger partial charge in [0.05, 0.1) is 36.5 Å². The van der Waals surface area contributed by atoms with Gasteiger partial charge in [-0.3, -0.25) is 14.8 Å². The molecule has 23 heavy (non-hydrogen) atoms. The first-order valence-corrected chi connectivity index (χ1v) is 8.04. The second kappa shape index (κ2) is 6.22. The highest BCUT2D eigenvalue weighted by Gasteiger charge is 2.34. The van der Waals surface area contributed by atoms with Crippen LogP contribution < -0.4 is 5.32 Å². The minimum absolute atomic E-state index is 0.0715. The maximum absolute atomic E-state index is 12.5. The smallest absolute Gasteiger partial charge is 0.251 e. The summed E-state index contributed by atoms with van der Waals surface area (Å²) in [5.41, 5.74) is 2.13. The highest BCUT2D eigenvalue weighted by Crippen LogP contribution is 2.27. The lowest BCUT2D eigenvalue weighted by Gasteiger charge is -2.39. The Morgan fingerprint density at radius 3 is 2.70 bits per heavy atom. The molecular formula is C17H19N3O3. The fraction of sp³-hybridized carbons (Fsp3) is 0.471. The van der Waals surface area contributed by atoms with Crippen molar-refractivity contribution in [2.45, 2.75) is 37.5 Å². The summed E-state index contributed by atoms with van der Waals surface area (Å²) in [6, 6.07) is 5.52. The van der Waals surface area contributed by atoms with Crippen molar-refractivity contribution in [3.63, 3.8) is 0 Å². The number of aromatic nitrogens is 2. The number of hydrogen-bond donors (Lipinski definition) is 1. The van der Waals surface area contributed by atoms with E-state index in [2.05, 4.69) is 15.3 Å². The highest BCUT2D eigenvalue weighted by atomic mass is 16.6. The highest BCUT2D eigenvalue weighted by molar-refractivity contribution is 5.97. The number of ether oxygens (including phenoxy) is 2. The van der Waals surface area contributed by atoms with E-state index in [1.807, 2.05) is 6.07 Å². The maximum Gasteiger partial charge on any atom is 0.251 e. The van der Waals surface area contributed by atoms with E-state index in [9.17, 15) is 4.79 Å². The number of nitrogens with one attached hydrogen (secondary N) is 1. The third kappa shape index (κ3) is 3.04. The van der Waals surface area contributed by atoms with Crippen molar-refractivity contribution in [1.29, 1.82) is 0 Å². The number of nitrogens with zero attached hydrogens (tertiary/aromatic N) is 2. The first-order chi connectivity index (χ1) is 11.3. The summed E-state index contributed by atoms with van der Waals surface area (Å²) < 4.78 is 11.5. The van der Waals surface area contributed by atoms with Gasteiger partial charge in [-0.1, -0.05) is 0 Å². The summed E-state index contributed by atoms with van der Waals surface area (Å²) in [5, 5.41) is 3.11. The lowest BCUT2D eigenvalue weighted by molar-refractivity contribution is -0.157. The summed E-state index contributed by atoms with van der Waals surface area (Å²) in [5.74, 6) is -0.0715. The Morgan fingerprint density at radius 1 is 1.04 bits per heavy atom. The molecule has 3 atom stereocenters. The minimum atomic E-state index is -0.0715. The Morgan fingerprint density at radius 2 is 1.83 bits per heavy atom. The molecule has 1 amide bonds. The van der Waals surface area contributed by atoms with Gasteiger partial charge in [0.25, 0.3) is 5.91 Å². The summed E-state index contributed by atoms with van der Waals surface area (Å²) >= 11 is 0. The van der Waals surface area contributed by atoms with E-state index in [4.69, 9.17) is 9.47 Å². The van der Waals surface area contributed by atoms with E-state index in [1.165, 1.54) is 0 Å². The Balaban J connectivity index is 1.44. The van der Waals surface area contributed by atoms with Crippen LogP contribution in [0.2, 0.25) is 0 Å². The van der Waals surface area contributed by atoms with E-state index in [0.717, 1.165) is 30.3 Å². The monoisotopic (exact) mass is 313 g/mol. The fourth-order valence-corrected chi connectivity index (χ4v) is 3.37. The first kappa shape index (κ1) is 14.5. The van der Waals surface area contributed by atoms with Gasteiger partial charge in [-0.05, 0) is 37.5 Å². The van der Waals surface area contributed by atoms with Gasteiger partial charge in [0.15, 0.2) is 0 Å². The minimum Gasteiger partial charge on any atom is -0.373 e. The van der Waals surface area contributed by atoms with Crippen LogP contribution in [0.25, 0.3) is 11.0 Å². The van der Waals surface area contributed by atoms with Gasteiger partial charge in [0.1, 0.15) is 0 Å². The summed E-state index contributed by atoms with van der Waals surface area (Å²) in [6.45, 7) is 1.32. The average Bonchev–Trinajstić information content (AvgIpc) is 2.61. The van der Waals surface area contributed by atoms with Crippen molar-refractivity contribution in [3.05, 3.63) is 36.2 Å². The van der Waals surface area contributed by atoms with Crippen LogP contribution in [-0.4, -0.2) is 47.3 Å². The molecule has 1 saturated carbocycles. The number of rotatable bonds is 2. The molecule has 1 aromatic carbocycles. The van der Waals surface area contributed by atoms with E-state index in [-0.39, 0.29) is 24.2 Å². The number of amides is 1. The van der Waals surface area contributed by atoms with Gasteiger partial charge in [-0.15, -0.1) is 0 Å². The second-order valence-corrected chi connectivity index (χ2v) is 6.06. The van der Waals surface area contributed by atoms with Gasteiger partial charge in [0.2, 0.25) is 0 Å². The standard InChI is InChI=1S/C17H19N3O3/c21-17(11-1-3-13-14(9-11)19-6-5-18-13)20-12-2-4-15-16(10-12)23-8-7-22-15/h1,3,5-6,9,12,15-16H,2,4,7-8,10H2,(H,20,21)/t12-,15-,16+/m1/s1. The van der Waals surface area contributed by atoms with Crippen LogP contribution in [0.15, 0.2) is 30.6 Å². The number of benzene rings is 1. The van der Waals surface area contributed by atoms with Crippen molar-refractivity contribution in [3.8, 4) is 0 Å². The topological polar surface area (TPSA) is 73.3 Å². The summed E-state index contributed by atoms with van der Waals surface area (Å²) in [7, 11) is 0. The van der Waals surface area contributed by atoms with E-state index in [0.29, 0.717) is 18.8 Å². The van der Waals surface area contributed by atoms with Crippen LogP contribution in [0.4, 0.5) is 0 Å². The van der Waals surface area contributed by atoms with Gasteiger partial charge < -0.3 is 14.8 Å². The van der Waals surface area contributed by atoms with Crippen LogP contribution in [0.1, 0.15) is 29.6 Å². The van der Waals surface area contributed by atoms with Crippen molar-refractivity contribution in [2.24, 2.45) is 0 Å². The SMILES string of the molecule is O=C(N[C@@H]1CC[C@H]2OCCO[C@H]2C1)c1ccc2nccnc2c1. The third-order valence-electron chi connectivity index (χ3n) is 4.55. The predicted octanol–water partition coefficient (Wildman–Crippen LogP) is 1.70. The molecule has 2 aromatic rings. The Hall–Kier alpha value is -2.05. The Bertz CT molecular complexity index is 721. The van der Waals surface area contributed by atoms with Gasteiger partial charge in [0, 0.05) is 24.0 Å². The maximum atomic E-state index is 12.5. The van der Waals surface area contributed by atoms with Crippen LogP contribution in [0.5, 0.6) is 0 Å². The molecule has 4 rings (SSSR count). The molecule has 1 aliphatic carbocycles. The second-order valence-electron chi connectivity index (χ2n) is 6.06. The molecule has 1 aromatic heterocycles. The molecule has 6 heteroatoms. The van der Waals surface area contributed by atoms with Crippen molar-refractivity contribution in [2.75, 3.05) is 13.2 Å². The fourth-order valence-electron chi connectivity index (χ4n) is 3.37. The van der Waals surface area contributed by atoms with Gasteiger partial charge in [-0.25, -0.2) is 0 Å². The van der Waals surface area contributed by atoms with Crippen LogP contribution in [0.3, 0.4) is 0 Å². The zero-order chi connectivity index (χ0) is 15.6. The predicted molar refractivity (Wildman–Crippen MR) is 84.1 cm³/mol. The molecule has 120 valence electrons. The number of carbonyl (C=O) groups is 1. The zero-order valence-corrected chi connectivity index (χ0v) is 12.8. The average molecular weight is 313 g/mol. The lowest BCUT2D eigenvalue weighted by atomic mass is 9.89. The zero-order valence-electron chi connectivity index (χ0n) is 12.8. The van der Waals surface area contributed by atoms with Crippen molar-refractivity contribution in [1.82, 2.24) is 15.3 Å². The molecule has 2 aliphatic rings. The largest absolute Gasteiger partial charge is 0.373 e. The normalized spacial score (nSPS) is 27.4. The third-order valence-corrected chi connectivity index (χ3v) is 4.55. The van der Waals surface area contributed by atoms with Crippen LogP contribution in [0, 0.1) is 0 Å². The number of fused-ring (bicyclic) bond motifs is 2. The summed E-state index contributed by atoms with van der Waals surface area (Å²) in [6.07, 6.45) is 6.23. The van der Waals surface area contributed by atoms with Gasteiger partial charge >= 0.3 is 0 Å². The molecule has 1 aliphatic heterocycles. The lowest BCUT2D eigenvalue weighted by Crippen LogP contribution is -2.49. The van der Waals surface area contributed by atoms with Crippen LogP contribution >= 0.6 is 0 Å². The summed E-state index contributed by atoms with van der Waals surface area (Å²) in [4.78, 5) is 20.9. The molecule has 1 saturated heterocycles. The molecule has 2 heterocycles. The van der Waals surface area contributed by atoms with Crippen LogP contribution in [-0.2, 0) is 9.47 Å². The molecule has 0 unspecified atom stereocenters. The Kier molecular flexibility index (Phi) is 3.93. The molecular weight excluding hydrogens is 294 g/mol. The molecule has 6 nitrogen and oxygen atoms in total. The van der Waals surface area contributed by atoms with Gasteiger partial charge in [-0.2, -0.15) is 0 Å². The van der Waals surface area contributed by atoms with E-state index < -0.39 is 0 Å². The van der Waals surface area contributed by atoms with E-state index >= 15 is 0 Å². The molecule has 0 radical (unpaired) electrons. The quantitative estimate of drug-likeness (QED) is 0.913. The molecule has 2 fully saturated rings. The van der Waals surface area contributed by atoms with Crippen molar-refractivity contribution >= 4 is 16.9 Å². The number of carbonyl (C=O) groups excluding carboxylic acids is 1. The molecule has 0 spiro atoms. The number of hydrogen-bond acceptors (Lipinski definition) is 5. The van der Waals surface area contributed by atoms with Crippen molar-refractivity contribution < 1.29 is 14.3 Å². The molecule has 1 N–H and O–H groups in total. The molecule has 0 bridgehead atoms. The first-order valence-electron chi connectivity index (χ1n) is 8.04. The Labute approximate surface area is 134 Å². The van der Waals surface area contributed by atoms with E-state index in [1.54, 1.807) is 24.5 Å².